The van der Waals surface area contributed by atoms with E-state index in [1.807, 2.05) is 54.1 Å². The Labute approximate surface area is 161 Å². The molecule has 27 heavy (non-hydrogen) atoms. The summed E-state index contributed by atoms with van der Waals surface area (Å²) in [4.78, 5) is 12.6. The zero-order valence-electron chi connectivity index (χ0n) is 14.7. The number of hydrogen-bond donors (Lipinski definition) is 1. The second-order valence-electron chi connectivity index (χ2n) is 6.42. The molecule has 0 aliphatic rings. The van der Waals surface area contributed by atoms with Crippen molar-refractivity contribution < 1.29 is 9.21 Å². The molecule has 4 aromatic rings. The van der Waals surface area contributed by atoms with Gasteiger partial charge in [-0.2, -0.15) is 5.10 Å². The molecule has 136 valence electrons. The van der Waals surface area contributed by atoms with Gasteiger partial charge in [0.1, 0.15) is 5.76 Å². The lowest BCUT2D eigenvalue weighted by Gasteiger charge is -2.12. The van der Waals surface area contributed by atoms with Crippen LogP contribution in [0.25, 0.3) is 10.9 Å². The zero-order valence-corrected chi connectivity index (χ0v) is 15.5. The Morgan fingerprint density at radius 2 is 2.11 bits per heavy atom. The smallest absolute Gasteiger partial charge is 0.251 e. The topological polar surface area (TPSA) is 60.1 Å². The van der Waals surface area contributed by atoms with E-state index in [1.165, 1.54) is 0 Å². The SMILES string of the molecule is C[C@H](NC(=O)c1ccc2cnn(Cc3cccc(Cl)c3)c2c1)c1ccco1. The van der Waals surface area contributed by atoms with Gasteiger partial charge in [0.05, 0.1) is 30.6 Å². The van der Waals surface area contributed by atoms with E-state index in [4.69, 9.17) is 16.0 Å². The summed E-state index contributed by atoms with van der Waals surface area (Å²) in [5.74, 6) is 0.562. The largest absolute Gasteiger partial charge is 0.467 e. The summed E-state index contributed by atoms with van der Waals surface area (Å²) >= 11 is 6.07. The minimum Gasteiger partial charge on any atom is -0.467 e. The molecule has 0 spiro atoms. The highest BCUT2D eigenvalue weighted by molar-refractivity contribution is 6.30. The fraction of sp³-hybridized carbons (Fsp3) is 0.143. The normalized spacial score (nSPS) is 12.2. The number of amides is 1. The number of aromatic nitrogens is 2. The summed E-state index contributed by atoms with van der Waals surface area (Å²) in [6.07, 6.45) is 3.39. The van der Waals surface area contributed by atoms with E-state index >= 15 is 0 Å². The van der Waals surface area contributed by atoms with Gasteiger partial charge in [0.15, 0.2) is 0 Å². The average molecular weight is 380 g/mol. The molecule has 2 aromatic heterocycles. The summed E-state index contributed by atoms with van der Waals surface area (Å²) in [7, 11) is 0. The zero-order chi connectivity index (χ0) is 18.8. The number of benzene rings is 2. The molecule has 0 radical (unpaired) electrons. The summed E-state index contributed by atoms with van der Waals surface area (Å²) in [5.41, 5.74) is 2.52. The summed E-state index contributed by atoms with van der Waals surface area (Å²) in [6.45, 7) is 2.47. The predicted molar refractivity (Wildman–Crippen MR) is 105 cm³/mol. The molecular formula is C21H18ClN3O2. The molecule has 0 saturated heterocycles. The van der Waals surface area contributed by atoms with Crippen LogP contribution in [-0.4, -0.2) is 15.7 Å². The highest BCUT2D eigenvalue weighted by Gasteiger charge is 2.15. The van der Waals surface area contributed by atoms with E-state index in [9.17, 15) is 4.79 Å². The molecular weight excluding hydrogens is 362 g/mol. The van der Waals surface area contributed by atoms with E-state index in [2.05, 4.69) is 10.4 Å². The highest BCUT2D eigenvalue weighted by atomic mass is 35.5. The van der Waals surface area contributed by atoms with Crippen LogP contribution in [0.15, 0.2) is 71.5 Å². The van der Waals surface area contributed by atoms with Crippen molar-refractivity contribution in [3.8, 4) is 0 Å². The summed E-state index contributed by atoms with van der Waals surface area (Å²) < 4.78 is 7.21. The molecule has 5 nitrogen and oxygen atoms in total. The van der Waals surface area contributed by atoms with Gasteiger partial charge in [-0.25, -0.2) is 0 Å². The standard InChI is InChI=1S/C21H18ClN3O2/c1-14(20-6-3-9-27-20)24-21(26)16-7-8-17-12-23-25(19(17)11-16)13-15-4-2-5-18(22)10-15/h2-12,14H,13H2,1H3,(H,24,26)/t14-/m0/s1. The maximum Gasteiger partial charge on any atom is 0.251 e. The first-order valence-corrected chi connectivity index (χ1v) is 9.02. The Kier molecular flexibility index (Phi) is 4.69. The fourth-order valence-corrected chi connectivity index (χ4v) is 3.25. The quantitative estimate of drug-likeness (QED) is 0.540. The lowest BCUT2D eigenvalue weighted by Crippen LogP contribution is -2.26. The van der Waals surface area contributed by atoms with E-state index in [0.717, 1.165) is 22.2 Å². The minimum absolute atomic E-state index is 0.156. The summed E-state index contributed by atoms with van der Waals surface area (Å²) in [6, 6.07) is 16.7. The summed E-state index contributed by atoms with van der Waals surface area (Å²) in [5, 5.41) is 9.07. The van der Waals surface area contributed by atoms with E-state index in [1.54, 1.807) is 24.6 Å². The molecule has 0 aliphatic carbocycles. The lowest BCUT2D eigenvalue weighted by atomic mass is 10.1. The number of nitrogens with zero attached hydrogens (tertiary/aromatic N) is 2. The van der Waals surface area contributed by atoms with Gasteiger partial charge in [-0.15, -0.1) is 0 Å². The Bertz CT molecular complexity index is 1090. The Morgan fingerprint density at radius 1 is 1.22 bits per heavy atom. The molecule has 1 N–H and O–H groups in total. The van der Waals surface area contributed by atoms with Gasteiger partial charge in [0, 0.05) is 16.0 Å². The number of fused-ring (bicyclic) bond motifs is 1. The third-order valence-corrected chi connectivity index (χ3v) is 4.68. The lowest BCUT2D eigenvalue weighted by molar-refractivity contribution is 0.0935. The van der Waals surface area contributed by atoms with Crippen molar-refractivity contribution in [2.24, 2.45) is 0 Å². The van der Waals surface area contributed by atoms with Gasteiger partial charge in [-0.1, -0.05) is 29.8 Å². The van der Waals surface area contributed by atoms with Gasteiger partial charge in [-0.05, 0) is 48.9 Å². The van der Waals surface area contributed by atoms with E-state index in [-0.39, 0.29) is 11.9 Å². The number of rotatable bonds is 5. The Hall–Kier alpha value is -3.05. The highest BCUT2D eigenvalue weighted by Crippen LogP contribution is 2.20. The second kappa shape index (κ2) is 7.29. The average Bonchev–Trinajstić information content (AvgIpc) is 3.32. The predicted octanol–water partition coefficient (Wildman–Crippen LogP) is 4.82. The molecule has 0 saturated carbocycles. The third kappa shape index (κ3) is 3.73. The number of carbonyl (C=O) groups excluding carboxylic acids is 1. The fourth-order valence-electron chi connectivity index (χ4n) is 3.03. The number of carbonyl (C=O) groups is 1. The van der Waals surface area contributed by atoms with E-state index in [0.29, 0.717) is 17.1 Å². The van der Waals surface area contributed by atoms with Crippen LogP contribution in [0.1, 0.15) is 34.6 Å². The molecule has 4 rings (SSSR count). The molecule has 6 heteroatoms. The van der Waals surface area contributed by atoms with Crippen molar-refractivity contribution >= 4 is 28.4 Å². The van der Waals surface area contributed by atoms with Crippen LogP contribution in [0.4, 0.5) is 0 Å². The molecule has 2 heterocycles. The Morgan fingerprint density at radius 3 is 2.89 bits per heavy atom. The molecule has 0 unspecified atom stereocenters. The maximum atomic E-state index is 12.6. The van der Waals surface area contributed by atoms with Crippen LogP contribution in [0.2, 0.25) is 5.02 Å². The van der Waals surface area contributed by atoms with Gasteiger partial charge < -0.3 is 9.73 Å². The molecule has 1 atom stereocenters. The van der Waals surface area contributed by atoms with Gasteiger partial charge in [0.2, 0.25) is 0 Å². The first kappa shape index (κ1) is 17.4. The van der Waals surface area contributed by atoms with Gasteiger partial charge in [-0.3, -0.25) is 9.48 Å². The minimum atomic E-state index is -0.209. The first-order chi connectivity index (χ1) is 13.1. The van der Waals surface area contributed by atoms with Crippen molar-refractivity contribution in [1.29, 1.82) is 0 Å². The number of furan rings is 1. The van der Waals surface area contributed by atoms with Crippen molar-refractivity contribution in [3.05, 3.63) is 89.0 Å². The van der Waals surface area contributed by atoms with E-state index < -0.39 is 0 Å². The molecule has 0 aliphatic heterocycles. The molecule has 2 aromatic carbocycles. The van der Waals surface area contributed by atoms with Gasteiger partial charge >= 0.3 is 0 Å². The maximum absolute atomic E-state index is 12.6. The van der Waals surface area contributed by atoms with Crippen molar-refractivity contribution in [2.75, 3.05) is 0 Å². The van der Waals surface area contributed by atoms with Crippen molar-refractivity contribution in [1.82, 2.24) is 15.1 Å². The van der Waals surface area contributed by atoms with Crippen LogP contribution >= 0.6 is 11.6 Å². The third-order valence-electron chi connectivity index (χ3n) is 4.45. The number of hydrogen-bond acceptors (Lipinski definition) is 3. The number of nitrogens with one attached hydrogen (secondary N) is 1. The van der Waals surface area contributed by atoms with Crippen LogP contribution in [0, 0.1) is 0 Å². The van der Waals surface area contributed by atoms with Crippen LogP contribution < -0.4 is 5.32 Å². The number of halogens is 1. The Balaban J connectivity index is 1.58. The van der Waals surface area contributed by atoms with Crippen LogP contribution in [0.5, 0.6) is 0 Å². The van der Waals surface area contributed by atoms with Gasteiger partial charge in [0.25, 0.3) is 5.91 Å². The molecule has 0 bridgehead atoms. The molecule has 1 amide bonds. The van der Waals surface area contributed by atoms with Crippen LogP contribution in [0.3, 0.4) is 0 Å². The first-order valence-electron chi connectivity index (χ1n) is 8.64. The van der Waals surface area contributed by atoms with Crippen molar-refractivity contribution in [2.45, 2.75) is 19.5 Å². The molecule has 0 fully saturated rings. The monoisotopic (exact) mass is 379 g/mol. The second-order valence-corrected chi connectivity index (χ2v) is 6.85. The van der Waals surface area contributed by atoms with Crippen LogP contribution in [-0.2, 0) is 6.54 Å². The van der Waals surface area contributed by atoms with Crippen molar-refractivity contribution in [3.63, 3.8) is 0 Å².